The summed E-state index contributed by atoms with van der Waals surface area (Å²) in [7, 11) is 2.15. The molecule has 0 fully saturated rings. The number of nitrogens with two attached hydrogens (primary N) is 1. The van der Waals surface area contributed by atoms with Gasteiger partial charge in [0.25, 0.3) is 0 Å². The Morgan fingerprint density at radius 1 is 1.38 bits per heavy atom. The van der Waals surface area contributed by atoms with Crippen LogP contribution < -0.4 is 10.6 Å². The molecule has 0 saturated heterocycles. The third kappa shape index (κ3) is 3.42. The second-order valence-corrected chi connectivity index (χ2v) is 5.06. The first-order valence-electron chi connectivity index (χ1n) is 5.70. The fourth-order valence-corrected chi connectivity index (χ4v) is 2.32. The van der Waals surface area contributed by atoms with Gasteiger partial charge in [0.05, 0.1) is 0 Å². The Balaban J connectivity index is 2.74. The minimum Gasteiger partial charge on any atom is -0.372 e. The maximum Gasteiger partial charge on any atom is 0.0411 e. The third-order valence-corrected chi connectivity index (χ3v) is 3.64. The molecule has 16 heavy (non-hydrogen) atoms. The van der Waals surface area contributed by atoms with Crippen molar-refractivity contribution in [2.75, 3.05) is 24.0 Å². The number of para-hydroxylation sites is 1. The molecular formula is C13H22N2S. The zero-order valence-electron chi connectivity index (χ0n) is 10.4. The van der Waals surface area contributed by atoms with E-state index in [0.717, 1.165) is 0 Å². The topological polar surface area (TPSA) is 29.3 Å². The van der Waals surface area contributed by atoms with Crippen molar-refractivity contribution >= 4 is 17.4 Å². The first kappa shape index (κ1) is 13.4. The first-order chi connectivity index (χ1) is 7.70. The fraction of sp³-hybridized carbons (Fsp3) is 0.538. The minimum atomic E-state index is 0.556. The molecule has 1 unspecified atom stereocenters. The Bertz CT molecular complexity index is 315. The zero-order valence-corrected chi connectivity index (χ0v) is 11.3. The van der Waals surface area contributed by atoms with Gasteiger partial charge in [-0.25, -0.2) is 0 Å². The second-order valence-electron chi connectivity index (χ2n) is 4.07. The summed E-state index contributed by atoms with van der Waals surface area (Å²) >= 11 is 1.90. The summed E-state index contributed by atoms with van der Waals surface area (Å²) in [6.07, 6.45) is 3.36. The second kappa shape index (κ2) is 6.81. The van der Waals surface area contributed by atoms with Crippen molar-refractivity contribution in [1.29, 1.82) is 0 Å². The van der Waals surface area contributed by atoms with E-state index in [1.165, 1.54) is 23.4 Å². The highest BCUT2D eigenvalue weighted by atomic mass is 32.2. The van der Waals surface area contributed by atoms with Crippen molar-refractivity contribution in [2.45, 2.75) is 25.9 Å². The zero-order chi connectivity index (χ0) is 12.0. The molecule has 90 valence electrons. The standard InChI is InChI=1S/C13H22N2S/c1-11(8-9-16-3)15(2)13-7-5-4-6-12(13)10-14/h4-7,11H,8-10,14H2,1-3H3. The van der Waals surface area contributed by atoms with Crippen LogP contribution in [0.15, 0.2) is 24.3 Å². The lowest BCUT2D eigenvalue weighted by molar-refractivity contribution is 0.666. The van der Waals surface area contributed by atoms with Crippen LogP contribution in [0, 0.1) is 0 Å². The predicted molar refractivity (Wildman–Crippen MR) is 75.2 cm³/mol. The number of benzene rings is 1. The van der Waals surface area contributed by atoms with E-state index in [0.29, 0.717) is 12.6 Å². The molecule has 0 amide bonds. The highest BCUT2D eigenvalue weighted by Crippen LogP contribution is 2.22. The smallest absolute Gasteiger partial charge is 0.0411 e. The van der Waals surface area contributed by atoms with Crippen LogP contribution >= 0.6 is 11.8 Å². The number of hydrogen-bond donors (Lipinski definition) is 1. The lowest BCUT2D eigenvalue weighted by atomic mass is 10.1. The maximum absolute atomic E-state index is 5.76. The molecule has 1 rings (SSSR count). The summed E-state index contributed by atoms with van der Waals surface area (Å²) in [6.45, 7) is 2.87. The fourth-order valence-electron chi connectivity index (χ4n) is 1.75. The number of thioether (sulfide) groups is 1. The molecular weight excluding hydrogens is 216 g/mol. The van der Waals surface area contributed by atoms with Gasteiger partial charge in [-0.2, -0.15) is 11.8 Å². The first-order valence-corrected chi connectivity index (χ1v) is 7.09. The summed E-state index contributed by atoms with van der Waals surface area (Å²) in [5.74, 6) is 1.20. The highest BCUT2D eigenvalue weighted by molar-refractivity contribution is 7.98. The summed E-state index contributed by atoms with van der Waals surface area (Å²) in [4.78, 5) is 2.33. The van der Waals surface area contributed by atoms with E-state index in [-0.39, 0.29) is 0 Å². The lowest BCUT2D eigenvalue weighted by Gasteiger charge is -2.28. The number of hydrogen-bond acceptors (Lipinski definition) is 3. The Hall–Kier alpha value is -0.670. The van der Waals surface area contributed by atoms with Crippen LogP contribution in [0.3, 0.4) is 0 Å². The molecule has 2 N–H and O–H groups in total. The van der Waals surface area contributed by atoms with Gasteiger partial charge in [0.1, 0.15) is 0 Å². The van der Waals surface area contributed by atoms with Gasteiger partial charge in [0.15, 0.2) is 0 Å². The largest absolute Gasteiger partial charge is 0.372 e. The van der Waals surface area contributed by atoms with Crippen LogP contribution in [0.5, 0.6) is 0 Å². The van der Waals surface area contributed by atoms with Crippen LogP contribution in [-0.4, -0.2) is 25.1 Å². The number of anilines is 1. The van der Waals surface area contributed by atoms with E-state index in [4.69, 9.17) is 5.73 Å². The van der Waals surface area contributed by atoms with Gasteiger partial charge in [0.2, 0.25) is 0 Å². The van der Waals surface area contributed by atoms with E-state index in [1.807, 2.05) is 17.8 Å². The molecule has 3 heteroatoms. The SMILES string of the molecule is CSCCC(C)N(C)c1ccccc1CN. The quantitative estimate of drug-likeness (QED) is 0.826. The van der Waals surface area contributed by atoms with Gasteiger partial charge in [0, 0.05) is 25.3 Å². The summed E-state index contributed by atoms with van der Waals surface area (Å²) in [5.41, 5.74) is 8.24. The van der Waals surface area contributed by atoms with Crippen molar-refractivity contribution in [3.05, 3.63) is 29.8 Å². The summed E-state index contributed by atoms with van der Waals surface area (Å²) in [6, 6.07) is 8.93. The summed E-state index contributed by atoms with van der Waals surface area (Å²) in [5, 5.41) is 0. The van der Waals surface area contributed by atoms with Gasteiger partial charge >= 0.3 is 0 Å². The number of rotatable bonds is 6. The van der Waals surface area contributed by atoms with Crippen LogP contribution in [-0.2, 0) is 6.54 Å². The molecule has 0 aromatic heterocycles. The van der Waals surface area contributed by atoms with Crippen molar-refractivity contribution in [1.82, 2.24) is 0 Å². The molecule has 0 spiro atoms. The highest BCUT2D eigenvalue weighted by Gasteiger charge is 2.11. The average molecular weight is 238 g/mol. The van der Waals surface area contributed by atoms with E-state index < -0.39 is 0 Å². The van der Waals surface area contributed by atoms with Gasteiger partial charge < -0.3 is 10.6 Å². The molecule has 0 bridgehead atoms. The van der Waals surface area contributed by atoms with Crippen molar-refractivity contribution in [3.8, 4) is 0 Å². The van der Waals surface area contributed by atoms with E-state index in [2.05, 4.69) is 43.3 Å². The van der Waals surface area contributed by atoms with Gasteiger partial charge in [-0.1, -0.05) is 18.2 Å². The van der Waals surface area contributed by atoms with Crippen LogP contribution in [0.2, 0.25) is 0 Å². The average Bonchev–Trinajstić information content (AvgIpc) is 2.34. The van der Waals surface area contributed by atoms with Crippen LogP contribution in [0.25, 0.3) is 0 Å². The summed E-state index contributed by atoms with van der Waals surface area (Å²) < 4.78 is 0. The Morgan fingerprint density at radius 2 is 2.06 bits per heavy atom. The predicted octanol–water partition coefficient (Wildman–Crippen LogP) is 2.72. The Labute approximate surface area is 103 Å². The molecule has 0 heterocycles. The molecule has 0 aliphatic heterocycles. The lowest BCUT2D eigenvalue weighted by Crippen LogP contribution is -2.30. The molecule has 1 aromatic rings. The van der Waals surface area contributed by atoms with Crippen molar-refractivity contribution in [2.24, 2.45) is 5.73 Å². The molecule has 1 atom stereocenters. The van der Waals surface area contributed by atoms with Crippen molar-refractivity contribution in [3.63, 3.8) is 0 Å². The van der Waals surface area contributed by atoms with E-state index in [9.17, 15) is 0 Å². The minimum absolute atomic E-state index is 0.556. The van der Waals surface area contributed by atoms with E-state index >= 15 is 0 Å². The Kier molecular flexibility index (Phi) is 5.71. The molecule has 0 radical (unpaired) electrons. The van der Waals surface area contributed by atoms with Crippen molar-refractivity contribution < 1.29 is 0 Å². The monoisotopic (exact) mass is 238 g/mol. The maximum atomic E-state index is 5.76. The molecule has 0 aliphatic rings. The normalized spacial score (nSPS) is 12.5. The third-order valence-electron chi connectivity index (χ3n) is 2.99. The van der Waals surface area contributed by atoms with Crippen LogP contribution in [0.1, 0.15) is 18.9 Å². The van der Waals surface area contributed by atoms with Crippen LogP contribution in [0.4, 0.5) is 5.69 Å². The molecule has 1 aromatic carbocycles. The van der Waals surface area contributed by atoms with Gasteiger partial charge in [-0.3, -0.25) is 0 Å². The molecule has 2 nitrogen and oxygen atoms in total. The van der Waals surface area contributed by atoms with Gasteiger partial charge in [-0.05, 0) is 37.0 Å². The molecule has 0 aliphatic carbocycles. The molecule has 0 saturated carbocycles. The van der Waals surface area contributed by atoms with Gasteiger partial charge in [-0.15, -0.1) is 0 Å². The number of nitrogens with zero attached hydrogens (tertiary/aromatic N) is 1. The Morgan fingerprint density at radius 3 is 2.69 bits per heavy atom. The van der Waals surface area contributed by atoms with E-state index in [1.54, 1.807) is 0 Å².